The van der Waals surface area contributed by atoms with Gasteiger partial charge in [-0.3, -0.25) is 4.79 Å². The Hall–Kier alpha value is -1.17. The van der Waals surface area contributed by atoms with Crippen LogP contribution in [0.1, 0.15) is 42.3 Å². The number of nitrogens with one attached hydrogen (secondary N) is 1. The van der Waals surface area contributed by atoms with E-state index in [2.05, 4.69) is 39.2 Å². The molecule has 0 saturated carbocycles. The zero-order valence-corrected chi connectivity index (χ0v) is 15.3. The summed E-state index contributed by atoms with van der Waals surface area (Å²) in [5.74, 6) is -0.0477. The molecule has 1 amide bonds. The lowest BCUT2D eigenvalue weighted by atomic mass is 10.1. The minimum Gasteiger partial charge on any atom is -0.415 e. The molecule has 1 aliphatic rings. The normalized spacial score (nSPS) is 14.8. The highest BCUT2D eigenvalue weighted by Crippen LogP contribution is 2.36. The van der Waals surface area contributed by atoms with Crippen LogP contribution in [0.15, 0.2) is 18.2 Å². The van der Waals surface area contributed by atoms with Gasteiger partial charge in [-0.25, -0.2) is 0 Å². The zero-order valence-electron chi connectivity index (χ0n) is 14.3. The number of hydrogen-bond donors (Lipinski definition) is 1. The summed E-state index contributed by atoms with van der Waals surface area (Å²) in [4.78, 5) is 12.2. The molecule has 0 atom stereocenters. The highest BCUT2D eigenvalue weighted by Gasteiger charge is 2.36. The highest BCUT2D eigenvalue weighted by molar-refractivity contribution is 6.74. The maximum Gasteiger partial charge on any atom is 0.251 e. The topological polar surface area (TPSA) is 47.6 Å². The number of carbonyl (C=O) groups excluding carboxylic acids is 1. The fraction of sp³-hybridized carbons (Fsp3) is 0.588. The van der Waals surface area contributed by atoms with E-state index in [0.717, 1.165) is 5.56 Å². The van der Waals surface area contributed by atoms with Crippen molar-refractivity contribution in [1.29, 1.82) is 0 Å². The second-order valence-electron chi connectivity index (χ2n) is 7.34. The van der Waals surface area contributed by atoms with Crippen molar-refractivity contribution in [3.63, 3.8) is 0 Å². The first-order valence-corrected chi connectivity index (χ1v) is 10.7. The number of carbonyl (C=O) groups is 1. The van der Waals surface area contributed by atoms with Crippen molar-refractivity contribution in [3.8, 4) is 0 Å². The molecule has 0 spiro atoms. The Morgan fingerprint density at radius 1 is 1.27 bits per heavy atom. The first-order chi connectivity index (χ1) is 10.2. The summed E-state index contributed by atoms with van der Waals surface area (Å²) in [6, 6.07) is 5.76. The lowest BCUT2D eigenvalue weighted by Gasteiger charge is -2.36. The van der Waals surface area contributed by atoms with E-state index in [0.29, 0.717) is 31.9 Å². The fourth-order valence-electron chi connectivity index (χ4n) is 2.10. The fourth-order valence-corrected chi connectivity index (χ4v) is 3.15. The molecule has 1 N–H and O–H groups in total. The first kappa shape index (κ1) is 17.2. The molecule has 1 aromatic carbocycles. The zero-order chi connectivity index (χ0) is 16.4. The second kappa shape index (κ2) is 6.52. The van der Waals surface area contributed by atoms with Crippen LogP contribution < -0.4 is 5.32 Å². The Bertz CT molecular complexity index is 549. The summed E-state index contributed by atoms with van der Waals surface area (Å²) >= 11 is 0. The van der Waals surface area contributed by atoms with Gasteiger partial charge in [-0.2, -0.15) is 0 Å². The molecule has 122 valence electrons. The quantitative estimate of drug-likeness (QED) is 0.667. The number of fused-ring (bicyclic) bond motifs is 1. The van der Waals surface area contributed by atoms with Crippen LogP contribution in [0.3, 0.4) is 0 Å². The summed E-state index contributed by atoms with van der Waals surface area (Å²) in [6.45, 7) is 13.4. The van der Waals surface area contributed by atoms with Gasteiger partial charge in [0.05, 0.1) is 19.8 Å². The number of amides is 1. The molecule has 22 heavy (non-hydrogen) atoms. The van der Waals surface area contributed by atoms with E-state index in [1.54, 1.807) is 0 Å². The van der Waals surface area contributed by atoms with Gasteiger partial charge in [-0.05, 0) is 41.4 Å². The van der Waals surface area contributed by atoms with Crippen molar-refractivity contribution >= 4 is 14.2 Å². The third-order valence-corrected chi connectivity index (χ3v) is 9.18. The standard InChI is InChI=1S/C17H27NO3Si/c1-17(2,3)22(4,5)21-9-8-18-16(19)13-6-7-14-11-20-12-15(14)10-13/h6-7,10H,8-9,11-12H2,1-5H3,(H,18,19). The van der Waals surface area contributed by atoms with Gasteiger partial charge >= 0.3 is 0 Å². The largest absolute Gasteiger partial charge is 0.415 e. The van der Waals surface area contributed by atoms with E-state index >= 15 is 0 Å². The monoisotopic (exact) mass is 321 g/mol. The van der Waals surface area contributed by atoms with Crippen LogP contribution in [0, 0.1) is 0 Å². The predicted octanol–water partition coefficient (Wildman–Crippen LogP) is 3.47. The van der Waals surface area contributed by atoms with Gasteiger partial charge in [0.25, 0.3) is 5.91 Å². The molecule has 1 aliphatic heterocycles. The molecule has 0 aromatic heterocycles. The molecule has 4 nitrogen and oxygen atoms in total. The summed E-state index contributed by atoms with van der Waals surface area (Å²) in [7, 11) is -1.74. The third-order valence-electron chi connectivity index (χ3n) is 4.64. The van der Waals surface area contributed by atoms with E-state index in [-0.39, 0.29) is 10.9 Å². The minimum atomic E-state index is -1.74. The van der Waals surface area contributed by atoms with Gasteiger partial charge in [0.2, 0.25) is 0 Å². The van der Waals surface area contributed by atoms with Crippen molar-refractivity contribution in [1.82, 2.24) is 5.32 Å². The molecule has 0 unspecified atom stereocenters. The minimum absolute atomic E-state index is 0.0477. The highest BCUT2D eigenvalue weighted by atomic mass is 28.4. The molecule has 2 rings (SSSR count). The lowest BCUT2D eigenvalue weighted by molar-refractivity contribution is 0.0945. The van der Waals surface area contributed by atoms with Gasteiger partial charge in [-0.1, -0.05) is 26.8 Å². The Balaban J connectivity index is 1.81. The average Bonchev–Trinajstić information content (AvgIpc) is 2.89. The lowest BCUT2D eigenvalue weighted by Crippen LogP contribution is -2.42. The average molecular weight is 321 g/mol. The van der Waals surface area contributed by atoms with Crippen LogP contribution >= 0.6 is 0 Å². The van der Waals surface area contributed by atoms with Gasteiger partial charge < -0.3 is 14.5 Å². The smallest absolute Gasteiger partial charge is 0.251 e. The van der Waals surface area contributed by atoms with Gasteiger partial charge in [-0.15, -0.1) is 0 Å². The summed E-state index contributed by atoms with van der Waals surface area (Å²) in [5, 5.41) is 3.12. The third kappa shape index (κ3) is 3.97. The van der Waals surface area contributed by atoms with Crippen LogP contribution in [0.2, 0.25) is 18.1 Å². The number of rotatable bonds is 5. The molecule has 0 fully saturated rings. The van der Waals surface area contributed by atoms with Crippen LogP contribution in [-0.4, -0.2) is 27.4 Å². The molecule has 0 saturated heterocycles. The van der Waals surface area contributed by atoms with Crippen LogP contribution in [0.5, 0.6) is 0 Å². The second-order valence-corrected chi connectivity index (χ2v) is 12.2. The van der Waals surface area contributed by atoms with E-state index in [1.807, 2.05) is 18.2 Å². The van der Waals surface area contributed by atoms with E-state index < -0.39 is 8.32 Å². The number of ether oxygens (including phenoxy) is 1. The molecule has 0 bridgehead atoms. The number of hydrogen-bond acceptors (Lipinski definition) is 3. The maximum absolute atomic E-state index is 12.2. The molecule has 1 aromatic rings. The van der Waals surface area contributed by atoms with Gasteiger partial charge in [0.15, 0.2) is 8.32 Å². The molecular weight excluding hydrogens is 294 g/mol. The van der Waals surface area contributed by atoms with Crippen molar-refractivity contribution in [3.05, 3.63) is 34.9 Å². The van der Waals surface area contributed by atoms with Crippen molar-refractivity contribution < 1.29 is 14.0 Å². The first-order valence-electron chi connectivity index (χ1n) is 7.82. The summed E-state index contributed by atoms with van der Waals surface area (Å²) in [6.07, 6.45) is 0. The van der Waals surface area contributed by atoms with Crippen molar-refractivity contribution in [2.75, 3.05) is 13.2 Å². The van der Waals surface area contributed by atoms with E-state index in [9.17, 15) is 4.79 Å². The molecular formula is C17H27NO3Si. The van der Waals surface area contributed by atoms with Gasteiger partial charge in [0.1, 0.15) is 0 Å². The van der Waals surface area contributed by atoms with Crippen LogP contribution in [-0.2, 0) is 22.4 Å². The summed E-state index contributed by atoms with van der Waals surface area (Å²) < 4.78 is 11.4. The van der Waals surface area contributed by atoms with E-state index in [1.165, 1.54) is 5.56 Å². The van der Waals surface area contributed by atoms with Crippen molar-refractivity contribution in [2.45, 2.75) is 52.1 Å². The molecule has 0 radical (unpaired) electrons. The van der Waals surface area contributed by atoms with Crippen LogP contribution in [0.4, 0.5) is 0 Å². The molecule has 1 heterocycles. The maximum atomic E-state index is 12.2. The Kier molecular flexibility index (Phi) is 5.09. The molecule has 0 aliphatic carbocycles. The summed E-state index contributed by atoms with van der Waals surface area (Å²) in [5.41, 5.74) is 2.99. The SMILES string of the molecule is CC(C)(C)[Si](C)(C)OCCNC(=O)c1ccc2c(c1)COC2. The number of benzene rings is 1. The predicted molar refractivity (Wildman–Crippen MR) is 90.4 cm³/mol. The Morgan fingerprint density at radius 2 is 1.95 bits per heavy atom. The van der Waals surface area contributed by atoms with Gasteiger partial charge in [0, 0.05) is 12.1 Å². The van der Waals surface area contributed by atoms with E-state index in [4.69, 9.17) is 9.16 Å². The Morgan fingerprint density at radius 3 is 2.64 bits per heavy atom. The Labute approximate surface area is 134 Å². The molecule has 5 heteroatoms. The van der Waals surface area contributed by atoms with Crippen molar-refractivity contribution in [2.24, 2.45) is 0 Å². The van der Waals surface area contributed by atoms with Crippen LogP contribution in [0.25, 0.3) is 0 Å².